The maximum absolute atomic E-state index is 11.1. The molecule has 0 saturated carbocycles. The summed E-state index contributed by atoms with van der Waals surface area (Å²) < 4.78 is 1.11. The summed E-state index contributed by atoms with van der Waals surface area (Å²) in [6, 6.07) is 4.87. The number of carboxylic acid groups (broad SMARTS) is 1. The Kier molecular flexibility index (Phi) is 2.74. The van der Waals surface area contributed by atoms with Crippen molar-refractivity contribution >= 4 is 27.7 Å². The lowest BCUT2D eigenvalue weighted by Crippen LogP contribution is -2.52. The first-order valence-electron chi connectivity index (χ1n) is 7.20. The number of hydrogen-bond donors (Lipinski definition) is 0. The monoisotopic (exact) mass is 335 g/mol. The van der Waals surface area contributed by atoms with Crippen molar-refractivity contribution in [2.75, 3.05) is 24.5 Å². The van der Waals surface area contributed by atoms with Gasteiger partial charge < -0.3 is 19.7 Å². The Balaban J connectivity index is 1.79. The molecule has 4 nitrogen and oxygen atoms in total. The standard InChI is InChI=1S/C15H17BrN2O2/c16-10-6-9-2-1-4-18-13-3-5-17(15(19)20)8-12(13)11(7-10)14(9)18/h6-7,12-13H,1-5,8H2,(H,19,20)/p-1/t12-,13-/m0/s1. The quantitative estimate of drug-likeness (QED) is 0.725. The first kappa shape index (κ1) is 12.5. The lowest BCUT2D eigenvalue weighted by atomic mass is 9.89. The number of amides is 1. The Morgan fingerprint density at radius 2 is 2.20 bits per heavy atom. The fraction of sp³-hybridized carbons (Fsp3) is 0.533. The highest BCUT2D eigenvalue weighted by molar-refractivity contribution is 9.10. The molecule has 20 heavy (non-hydrogen) atoms. The number of aryl methyl sites for hydroxylation is 1. The second kappa shape index (κ2) is 4.38. The lowest BCUT2D eigenvalue weighted by Gasteiger charge is -2.41. The molecule has 0 N–H and O–H groups in total. The number of anilines is 1. The van der Waals surface area contributed by atoms with Crippen molar-refractivity contribution in [1.82, 2.24) is 4.90 Å². The van der Waals surface area contributed by atoms with E-state index < -0.39 is 6.09 Å². The smallest absolute Gasteiger partial charge is 0.136 e. The third kappa shape index (κ3) is 1.68. The van der Waals surface area contributed by atoms with Crippen molar-refractivity contribution in [2.24, 2.45) is 0 Å². The van der Waals surface area contributed by atoms with Gasteiger partial charge >= 0.3 is 0 Å². The van der Waals surface area contributed by atoms with Crippen LogP contribution in [-0.2, 0) is 6.42 Å². The van der Waals surface area contributed by atoms with Crippen LogP contribution in [-0.4, -0.2) is 36.7 Å². The molecule has 3 heterocycles. The van der Waals surface area contributed by atoms with Crippen LogP contribution in [0.2, 0.25) is 0 Å². The molecule has 1 fully saturated rings. The summed E-state index contributed by atoms with van der Waals surface area (Å²) in [6.45, 7) is 2.28. The maximum atomic E-state index is 11.1. The molecule has 3 aliphatic heterocycles. The average Bonchev–Trinajstić information content (AvgIpc) is 2.74. The zero-order valence-electron chi connectivity index (χ0n) is 11.1. The highest BCUT2D eigenvalue weighted by atomic mass is 79.9. The molecular weight excluding hydrogens is 320 g/mol. The van der Waals surface area contributed by atoms with E-state index in [4.69, 9.17) is 0 Å². The van der Waals surface area contributed by atoms with Gasteiger partial charge in [-0.3, -0.25) is 0 Å². The van der Waals surface area contributed by atoms with Gasteiger partial charge in [0.25, 0.3) is 0 Å². The average molecular weight is 336 g/mol. The van der Waals surface area contributed by atoms with Gasteiger partial charge in [0.05, 0.1) is 0 Å². The molecule has 2 atom stereocenters. The first-order valence-corrected chi connectivity index (χ1v) is 7.99. The van der Waals surface area contributed by atoms with Crippen molar-refractivity contribution in [3.8, 4) is 0 Å². The van der Waals surface area contributed by atoms with Crippen molar-refractivity contribution in [2.45, 2.75) is 31.2 Å². The Morgan fingerprint density at radius 1 is 1.35 bits per heavy atom. The third-order valence-electron chi connectivity index (χ3n) is 4.95. The van der Waals surface area contributed by atoms with Gasteiger partial charge in [-0.25, -0.2) is 0 Å². The van der Waals surface area contributed by atoms with Gasteiger partial charge in [-0.15, -0.1) is 0 Å². The minimum atomic E-state index is -1.03. The van der Waals surface area contributed by atoms with Gasteiger partial charge in [0.2, 0.25) is 0 Å². The number of piperidine rings is 1. The number of carbonyl (C=O) groups excluding carboxylic acids is 1. The Morgan fingerprint density at radius 3 is 3.00 bits per heavy atom. The number of rotatable bonds is 0. The zero-order chi connectivity index (χ0) is 13.9. The molecule has 0 unspecified atom stereocenters. The number of halogens is 1. The molecule has 4 rings (SSSR count). The SMILES string of the molecule is O=C([O-])N1CC[C@H]2[C@@H](C1)c1cc(Br)cc3c1N2CCC3. The van der Waals surface area contributed by atoms with Crippen LogP contribution in [0.4, 0.5) is 10.5 Å². The van der Waals surface area contributed by atoms with Crippen LogP contribution < -0.4 is 10.0 Å². The fourth-order valence-electron chi connectivity index (χ4n) is 4.17. The van der Waals surface area contributed by atoms with E-state index in [9.17, 15) is 9.90 Å². The van der Waals surface area contributed by atoms with Crippen LogP contribution in [0.5, 0.6) is 0 Å². The molecule has 106 valence electrons. The molecule has 0 aliphatic carbocycles. The van der Waals surface area contributed by atoms with Crippen molar-refractivity contribution in [3.05, 3.63) is 27.7 Å². The zero-order valence-corrected chi connectivity index (χ0v) is 12.7. The first-order chi connectivity index (χ1) is 9.65. The lowest BCUT2D eigenvalue weighted by molar-refractivity contribution is -0.266. The van der Waals surface area contributed by atoms with Gasteiger partial charge in [-0.05, 0) is 42.5 Å². The largest absolute Gasteiger partial charge is 0.530 e. The summed E-state index contributed by atoms with van der Waals surface area (Å²) in [5.74, 6) is 0.297. The van der Waals surface area contributed by atoms with Crippen LogP contribution in [0.3, 0.4) is 0 Å². The van der Waals surface area contributed by atoms with E-state index in [2.05, 4.69) is 33.0 Å². The number of hydrogen-bond acceptors (Lipinski definition) is 3. The van der Waals surface area contributed by atoms with Crippen molar-refractivity contribution < 1.29 is 9.90 Å². The summed E-state index contributed by atoms with van der Waals surface area (Å²) in [5.41, 5.74) is 4.12. The molecular formula is C15H16BrN2O2-. The Bertz CT molecular complexity index is 589. The highest BCUT2D eigenvalue weighted by Crippen LogP contribution is 2.49. The van der Waals surface area contributed by atoms with Crippen LogP contribution in [0.25, 0.3) is 0 Å². The normalized spacial score (nSPS) is 27.2. The summed E-state index contributed by atoms with van der Waals surface area (Å²) in [6.07, 6.45) is 2.19. The predicted octanol–water partition coefficient (Wildman–Crippen LogP) is 1.72. The molecule has 0 aromatic heterocycles. The molecule has 1 aromatic rings. The van der Waals surface area contributed by atoms with E-state index >= 15 is 0 Å². The number of carbonyl (C=O) groups is 1. The van der Waals surface area contributed by atoms with E-state index in [-0.39, 0.29) is 0 Å². The number of likely N-dealkylation sites (tertiary alicyclic amines) is 1. The second-order valence-corrected chi connectivity index (χ2v) is 6.89. The summed E-state index contributed by atoms with van der Waals surface area (Å²) in [7, 11) is 0. The van der Waals surface area contributed by atoms with Gasteiger partial charge in [0, 0.05) is 41.8 Å². The Hall–Kier alpha value is -1.23. The predicted molar refractivity (Wildman–Crippen MR) is 77.9 cm³/mol. The van der Waals surface area contributed by atoms with E-state index in [0.29, 0.717) is 25.0 Å². The Labute approximate surface area is 126 Å². The summed E-state index contributed by atoms with van der Waals surface area (Å²) in [5, 5.41) is 11.1. The maximum Gasteiger partial charge on any atom is 0.136 e. The van der Waals surface area contributed by atoms with Crippen LogP contribution >= 0.6 is 15.9 Å². The van der Waals surface area contributed by atoms with Crippen LogP contribution in [0, 0.1) is 0 Å². The van der Waals surface area contributed by atoms with Gasteiger partial charge in [0.1, 0.15) is 6.09 Å². The van der Waals surface area contributed by atoms with Crippen molar-refractivity contribution in [1.29, 1.82) is 0 Å². The minimum absolute atomic E-state index is 0.297. The molecule has 0 bridgehead atoms. The topological polar surface area (TPSA) is 46.6 Å². The van der Waals surface area contributed by atoms with Gasteiger partial charge in [-0.1, -0.05) is 15.9 Å². The molecule has 1 amide bonds. The van der Waals surface area contributed by atoms with Crippen molar-refractivity contribution in [3.63, 3.8) is 0 Å². The molecule has 5 heteroatoms. The van der Waals surface area contributed by atoms with Gasteiger partial charge in [-0.2, -0.15) is 0 Å². The minimum Gasteiger partial charge on any atom is -0.530 e. The molecule has 0 radical (unpaired) electrons. The summed E-state index contributed by atoms with van der Waals surface area (Å²) in [4.78, 5) is 15.1. The fourth-order valence-corrected chi connectivity index (χ4v) is 4.69. The van der Waals surface area contributed by atoms with Crippen LogP contribution in [0.1, 0.15) is 29.9 Å². The molecule has 0 spiro atoms. The number of benzene rings is 1. The van der Waals surface area contributed by atoms with E-state index in [0.717, 1.165) is 23.9 Å². The number of nitrogens with zero attached hydrogens (tertiary/aromatic N) is 2. The number of fused-ring (bicyclic) bond motifs is 3. The van der Waals surface area contributed by atoms with Gasteiger partial charge in [0.15, 0.2) is 0 Å². The van der Waals surface area contributed by atoms with Crippen LogP contribution in [0.15, 0.2) is 16.6 Å². The molecule has 3 aliphatic rings. The van der Waals surface area contributed by atoms with E-state index in [1.807, 2.05) is 0 Å². The second-order valence-electron chi connectivity index (χ2n) is 5.97. The summed E-state index contributed by atoms with van der Waals surface area (Å²) >= 11 is 3.60. The molecule has 1 saturated heterocycles. The highest BCUT2D eigenvalue weighted by Gasteiger charge is 2.43. The van der Waals surface area contributed by atoms with E-state index in [1.165, 1.54) is 28.1 Å². The molecule has 1 aromatic carbocycles. The van der Waals surface area contributed by atoms with E-state index in [1.54, 1.807) is 0 Å². The third-order valence-corrected chi connectivity index (χ3v) is 5.41.